The van der Waals surface area contributed by atoms with E-state index in [1.807, 2.05) is 13.8 Å². The van der Waals surface area contributed by atoms with Gasteiger partial charge >= 0.3 is 6.09 Å². The lowest BCUT2D eigenvalue weighted by molar-refractivity contribution is -0.383. The van der Waals surface area contributed by atoms with Crippen LogP contribution in [-0.2, 0) is 9.47 Å². The van der Waals surface area contributed by atoms with Crippen LogP contribution in [-0.4, -0.2) is 53.0 Å². The molecule has 1 aliphatic rings. The number of nitro benzene ring substituents is 1. The van der Waals surface area contributed by atoms with Gasteiger partial charge in [-0.2, -0.15) is 0 Å². The van der Waals surface area contributed by atoms with Crippen molar-refractivity contribution in [2.75, 3.05) is 19.9 Å². The van der Waals surface area contributed by atoms with Crippen LogP contribution in [0.25, 0.3) is 10.9 Å². The van der Waals surface area contributed by atoms with E-state index in [-0.39, 0.29) is 24.7 Å². The molecule has 9 heteroatoms. The minimum Gasteiger partial charge on any atom is -0.455 e. The van der Waals surface area contributed by atoms with Crippen LogP contribution in [0.5, 0.6) is 5.75 Å². The summed E-state index contributed by atoms with van der Waals surface area (Å²) in [4.78, 5) is 28.5. The van der Waals surface area contributed by atoms with Crippen molar-refractivity contribution in [3.63, 3.8) is 0 Å². The Morgan fingerprint density at radius 1 is 1.35 bits per heavy atom. The van der Waals surface area contributed by atoms with Crippen molar-refractivity contribution in [1.29, 1.82) is 0 Å². The predicted octanol–water partition coefficient (Wildman–Crippen LogP) is 2.73. The van der Waals surface area contributed by atoms with Crippen LogP contribution < -0.4 is 4.74 Å². The third-order valence-electron chi connectivity index (χ3n) is 3.98. The largest absolute Gasteiger partial charge is 0.455 e. The quantitative estimate of drug-likeness (QED) is 0.468. The Bertz CT molecular complexity index is 817. The molecule has 1 aromatic carbocycles. The van der Waals surface area contributed by atoms with Crippen molar-refractivity contribution in [3.05, 3.63) is 40.6 Å². The molecule has 1 fully saturated rings. The maximum atomic E-state index is 12.1. The SMILES string of the molecule is C[C@@H]1CN(C(=O)OCOc2ccc([N+](=O)[O-])c3cccnc23)C[C@H](C)O1. The van der Waals surface area contributed by atoms with E-state index in [2.05, 4.69) is 4.98 Å². The monoisotopic (exact) mass is 361 g/mol. The first-order chi connectivity index (χ1) is 12.5. The Balaban J connectivity index is 1.66. The molecule has 2 aromatic rings. The summed E-state index contributed by atoms with van der Waals surface area (Å²) in [5.74, 6) is 0.308. The molecule has 1 aromatic heterocycles. The first-order valence-corrected chi connectivity index (χ1v) is 8.17. The van der Waals surface area contributed by atoms with Gasteiger partial charge in [0.25, 0.3) is 5.69 Å². The molecule has 0 saturated carbocycles. The van der Waals surface area contributed by atoms with Gasteiger partial charge in [0.1, 0.15) is 11.3 Å². The van der Waals surface area contributed by atoms with E-state index < -0.39 is 11.0 Å². The molecule has 9 nitrogen and oxygen atoms in total. The zero-order valence-corrected chi connectivity index (χ0v) is 14.5. The number of non-ortho nitro benzene ring substituents is 1. The number of fused-ring (bicyclic) bond motifs is 1. The number of hydrogen-bond acceptors (Lipinski definition) is 7. The molecule has 138 valence electrons. The predicted molar refractivity (Wildman–Crippen MR) is 92.0 cm³/mol. The van der Waals surface area contributed by atoms with Crippen LogP contribution in [0.15, 0.2) is 30.5 Å². The number of carbonyl (C=O) groups is 1. The van der Waals surface area contributed by atoms with Gasteiger partial charge in [0.2, 0.25) is 6.79 Å². The first-order valence-electron chi connectivity index (χ1n) is 8.17. The van der Waals surface area contributed by atoms with E-state index in [0.717, 1.165) is 0 Å². The third-order valence-corrected chi connectivity index (χ3v) is 3.98. The molecular weight excluding hydrogens is 342 g/mol. The second-order valence-corrected chi connectivity index (χ2v) is 6.07. The molecule has 1 aliphatic heterocycles. The lowest BCUT2D eigenvalue weighted by atomic mass is 10.1. The highest BCUT2D eigenvalue weighted by atomic mass is 16.7. The number of carbonyl (C=O) groups excluding carboxylic acids is 1. The third kappa shape index (κ3) is 3.83. The second kappa shape index (κ2) is 7.52. The van der Waals surface area contributed by atoms with Crippen LogP contribution >= 0.6 is 0 Å². The molecule has 2 heterocycles. The lowest BCUT2D eigenvalue weighted by Crippen LogP contribution is -2.48. The molecular formula is C17H19N3O6. The van der Waals surface area contributed by atoms with E-state index in [1.54, 1.807) is 17.0 Å². The lowest BCUT2D eigenvalue weighted by Gasteiger charge is -2.34. The summed E-state index contributed by atoms with van der Waals surface area (Å²) in [7, 11) is 0. The number of hydrogen-bond donors (Lipinski definition) is 0. The van der Waals surface area contributed by atoms with Crippen molar-refractivity contribution < 1.29 is 23.9 Å². The maximum absolute atomic E-state index is 12.1. The fourth-order valence-electron chi connectivity index (χ4n) is 2.97. The van der Waals surface area contributed by atoms with Crippen LogP contribution in [0.1, 0.15) is 13.8 Å². The zero-order chi connectivity index (χ0) is 18.7. The molecule has 26 heavy (non-hydrogen) atoms. The number of ether oxygens (including phenoxy) is 3. The summed E-state index contributed by atoms with van der Waals surface area (Å²) in [5.41, 5.74) is 0.278. The van der Waals surface area contributed by atoms with Crippen molar-refractivity contribution in [2.45, 2.75) is 26.1 Å². The summed E-state index contributed by atoms with van der Waals surface area (Å²) < 4.78 is 16.2. The van der Waals surface area contributed by atoms with Gasteiger partial charge < -0.3 is 19.1 Å². The number of amides is 1. The van der Waals surface area contributed by atoms with Crippen LogP contribution in [0.2, 0.25) is 0 Å². The van der Waals surface area contributed by atoms with Crippen LogP contribution in [0, 0.1) is 10.1 Å². The number of aromatic nitrogens is 1. The molecule has 2 atom stereocenters. The summed E-state index contributed by atoms with van der Waals surface area (Å²) in [6, 6.07) is 5.99. The molecule has 0 unspecified atom stereocenters. The van der Waals surface area contributed by atoms with E-state index in [0.29, 0.717) is 29.7 Å². The van der Waals surface area contributed by atoms with Crippen molar-refractivity contribution >= 4 is 22.7 Å². The molecule has 3 rings (SSSR count). The van der Waals surface area contributed by atoms with Crippen molar-refractivity contribution in [3.8, 4) is 5.75 Å². The van der Waals surface area contributed by atoms with Gasteiger partial charge in [-0.3, -0.25) is 15.1 Å². The van der Waals surface area contributed by atoms with Crippen molar-refractivity contribution in [2.24, 2.45) is 0 Å². The minimum absolute atomic E-state index is 0.0602. The Morgan fingerprint density at radius 3 is 2.77 bits per heavy atom. The fourth-order valence-corrected chi connectivity index (χ4v) is 2.97. The Morgan fingerprint density at radius 2 is 2.08 bits per heavy atom. The number of nitrogens with zero attached hydrogens (tertiary/aromatic N) is 3. The van der Waals surface area contributed by atoms with Crippen LogP contribution in [0.4, 0.5) is 10.5 Å². The molecule has 0 spiro atoms. The van der Waals surface area contributed by atoms with E-state index in [1.165, 1.54) is 18.3 Å². The second-order valence-electron chi connectivity index (χ2n) is 6.07. The number of rotatable bonds is 4. The Hall–Kier alpha value is -2.94. The standard InChI is InChI=1S/C17H19N3O6/c1-11-8-19(9-12(2)26-11)17(21)25-10-24-15-6-5-14(20(22)23)13-4-3-7-18-16(13)15/h3-7,11-12H,8-10H2,1-2H3/t11-,12+. The molecule has 0 N–H and O–H groups in total. The normalized spacial score (nSPS) is 20.0. The van der Waals surface area contributed by atoms with Gasteiger partial charge in [-0.15, -0.1) is 0 Å². The number of benzene rings is 1. The van der Waals surface area contributed by atoms with Gasteiger partial charge in [-0.1, -0.05) is 0 Å². The zero-order valence-electron chi connectivity index (χ0n) is 14.5. The van der Waals surface area contributed by atoms with Gasteiger partial charge in [0.15, 0.2) is 0 Å². The number of morpholine rings is 1. The minimum atomic E-state index is -0.494. The maximum Gasteiger partial charge on any atom is 0.412 e. The van der Waals surface area contributed by atoms with Gasteiger partial charge in [0, 0.05) is 12.3 Å². The Kier molecular flexibility index (Phi) is 5.17. The molecule has 0 bridgehead atoms. The van der Waals surface area contributed by atoms with Crippen LogP contribution in [0.3, 0.4) is 0 Å². The first kappa shape index (κ1) is 17.9. The van der Waals surface area contributed by atoms with E-state index >= 15 is 0 Å². The molecule has 0 aliphatic carbocycles. The Labute approximate surface area is 149 Å². The number of pyridine rings is 1. The number of nitro groups is 1. The smallest absolute Gasteiger partial charge is 0.412 e. The average molecular weight is 361 g/mol. The summed E-state index contributed by atoms with van der Waals surface area (Å²) in [6.07, 6.45) is 0.901. The summed E-state index contributed by atoms with van der Waals surface area (Å²) in [5, 5.41) is 11.5. The fraction of sp³-hybridized carbons (Fsp3) is 0.412. The van der Waals surface area contributed by atoms with E-state index in [9.17, 15) is 14.9 Å². The summed E-state index contributed by atoms with van der Waals surface area (Å²) in [6.45, 7) is 4.36. The topological polar surface area (TPSA) is 104 Å². The van der Waals surface area contributed by atoms with Crippen molar-refractivity contribution in [1.82, 2.24) is 9.88 Å². The highest BCUT2D eigenvalue weighted by Gasteiger charge is 2.27. The van der Waals surface area contributed by atoms with E-state index in [4.69, 9.17) is 14.2 Å². The highest BCUT2D eigenvalue weighted by molar-refractivity contribution is 5.92. The molecule has 1 saturated heterocycles. The van der Waals surface area contributed by atoms with Gasteiger partial charge in [-0.05, 0) is 32.0 Å². The van der Waals surface area contributed by atoms with Gasteiger partial charge in [-0.25, -0.2) is 4.79 Å². The molecule has 1 amide bonds. The molecule has 0 radical (unpaired) electrons. The highest BCUT2D eigenvalue weighted by Crippen LogP contribution is 2.31. The average Bonchev–Trinajstić information content (AvgIpc) is 2.60. The summed E-state index contributed by atoms with van der Waals surface area (Å²) >= 11 is 0. The van der Waals surface area contributed by atoms with Gasteiger partial charge in [0.05, 0.1) is 35.6 Å².